The molecule has 0 aromatic rings. The Balaban J connectivity index is 3.27. The monoisotopic (exact) mass is 246 g/mol. The number of ether oxygens (including phenoxy) is 2. The molecular weight excluding hydrogens is 240 g/mol. The van der Waals surface area contributed by atoms with E-state index >= 15 is 0 Å². The fourth-order valence-electron chi connectivity index (χ4n) is 0.141. The highest BCUT2D eigenvalue weighted by Crippen LogP contribution is 2.36. The Bertz CT molecular complexity index is 131. The van der Waals surface area contributed by atoms with Crippen LogP contribution in [0.4, 0.5) is 0 Å². The molecule has 0 atom stereocenters. The van der Waals surface area contributed by atoms with Crippen molar-refractivity contribution in [2.75, 3.05) is 14.2 Å². The van der Waals surface area contributed by atoms with Crippen LogP contribution in [0.3, 0.4) is 0 Å². The lowest BCUT2D eigenvalue weighted by molar-refractivity contribution is 0.426. The molecule has 0 radical (unpaired) electrons. The molecule has 0 N–H and O–H groups in total. The SMILES string of the molecule is COC(=S)SSSC(=S)OC. The lowest BCUT2D eigenvalue weighted by atomic mass is 11.5. The summed E-state index contributed by atoms with van der Waals surface area (Å²) in [4.78, 5) is 0. The predicted molar refractivity (Wildman–Crippen MR) is 62.0 cm³/mol. The van der Waals surface area contributed by atoms with Crippen LogP contribution in [0.1, 0.15) is 0 Å². The average molecular weight is 246 g/mol. The standard InChI is InChI=1S/C4H6O2S5/c1-5-3(7)9-11-10-4(8)6-2/h1-2H3. The first-order chi connectivity index (χ1) is 5.20. The molecule has 0 rings (SSSR count). The summed E-state index contributed by atoms with van der Waals surface area (Å²) in [5.74, 6) is 0. The number of methoxy groups -OCH3 is 2. The summed E-state index contributed by atoms with van der Waals surface area (Å²) in [6.45, 7) is 0. The summed E-state index contributed by atoms with van der Waals surface area (Å²) in [5, 5.41) is 0. The van der Waals surface area contributed by atoms with Gasteiger partial charge in [0.2, 0.25) is 8.77 Å². The number of rotatable bonds is 2. The van der Waals surface area contributed by atoms with Gasteiger partial charge in [0, 0.05) is 21.6 Å². The topological polar surface area (TPSA) is 18.5 Å². The van der Waals surface area contributed by atoms with Crippen molar-refractivity contribution in [2.45, 2.75) is 0 Å². The van der Waals surface area contributed by atoms with Crippen LogP contribution in [0.25, 0.3) is 0 Å². The molecule has 0 saturated heterocycles. The van der Waals surface area contributed by atoms with Gasteiger partial charge in [-0.2, -0.15) is 0 Å². The van der Waals surface area contributed by atoms with Crippen molar-refractivity contribution >= 4 is 64.6 Å². The molecule has 0 aliphatic rings. The second kappa shape index (κ2) is 7.48. The van der Waals surface area contributed by atoms with Crippen LogP contribution in [0.2, 0.25) is 0 Å². The fourth-order valence-corrected chi connectivity index (χ4v) is 4.07. The molecule has 0 unspecified atom stereocenters. The molecule has 0 amide bonds. The maximum Gasteiger partial charge on any atom is 0.231 e. The first-order valence-corrected chi connectivity index (χ1v) is 6.67. The molecule has 0 aliphatic heterocycles. The largest absolute Gasteiger partial charge is 0.481 e. The minimum atomic E-state index is 0.487. The number of hydrogen-bond donors (Lipinski definition) is 0. The van der Waals surface area contributed by atoms with Crippen molar-refractivity contribution in [3.05, 3.63) is 0 Å². The minimum absolute atomic E-state index is 0.487. The average Bonchev–Trinajstić information content (AvgIpc) is 2.04. The lowest BCUT2D eigenvalue weighted by Crippen LogP contribution is -1.88. The minimum Gasteiger partial charge on any atom is -0.481 e. The highest BCUT2D eigenvalue weighted by Gasteiger charge is 2.00. The van der Waals surface area contributed by atoms with Crippen LogP contribution in [-0.2, 0) is 9.47 Å². The van der Waals surface area contributed by atoms with Crippen molar-refractivity contribution in [3.8, 4) is 0 Å². The molecule has 0 fully saturated rings. The Labute approximate surface area is 87.9 Å². The molecule has 2 nitrogen and oxygen atoms in total. The Hall–Kier alpha value is 0.830. The third kappa shape index (κ3) is 7.20. The van der Waals surface area contributed by atoms with Crippen LogP contribution in [0.5, 0.6) is 0 Å². The van der Waals surface area contributed by atoms with Crippen LogP contribution < -0.4 is 0 Å². The highest BCUT2D eigenvalue weighted by atomic mass is 33.5. The Morgan fingerprint density at radius 1 is 1.00 bits per heavy atom. The van der Waals surface area contributed by atoms with E-state index in [9.17, 15) is 0 Å². The van der Waals surface area contributed by atoms with Crippen LogP contribution >= 0.6 is 55.8 Å². The Morgan fingerprint density at radius 3 is 1.64 bits per heavy atom. The zero-order valence-electron chi connectivity index (χ0n) is 5.86. The summed E-state index contributed by atoms with van der Waals surface area (Å²) in [5.41, 5.74) is 0. The second-order valence-corrected chi connectivity index (χ2v) is 6.25. The van der Waals surface area contributed by atoms with Gasteiger partial charge in [-0.15, -0.1) is 0 Å². The van der Waals surface area contributed by atoms with E-state index in [1.54, 1.807) is 0 Å². The van der Waals surface area contributed by atoms with Crippen molar-refractivity contribution in [1.82, 2.24) is 0 Å². The van der Waals surface area contributed by atoms with Gasteiger partial charge in [0.15, 0.2) is 0 Å². The van der Waals surface area contributed by atoms with Gasteiger partial charge in [0.1, 0.15) is 0 Å². The second-order valence-electron chi connectivity index (χ2n) is 1.14. The molecule has 11 heavy (non-hydrogen) atoms. The third-order valence-corrected chi connectivity index (χ3v) is 5.29. The summed E-state index contributed by atoms with van der Waals surface area (Å²) in [6, 6.07) is 0. The molecule has 0 bridgehead atoms. The van der Waals surface area contributed by atoms with Crippen molar-refractivity contribution in [2.24, 2.45) is 0 Å². The zero-order chi connectivity index (χ0) is 8.69. The molecule has 64 valence electrons. The molecule has 7 heteroatoms. The molecule has 0 aromatic carbocycles. The molecule has 0 aromatic heterocycles. The molecule has 0 aliphatic carbocycles. The Kier molecular flexibility index (Phi) is 8.04. The molecule has 0 heterocycles. The van der Waals surface area contributed by atoms with Gasteiger partial charge >= 0.3 is 0 Å². The van der Waals surface area contributed by atoms with Gasteiger partial charge in [0.05, 0.1) is 14.2 Å². The van der Waals surface area contributed by atoms with E-state index in [0.29, 0.717) is 8.77 Å². The molecular formula is C4H6O2S5. The van der Waals surface area contributed by atoms with Crippen molar-refractivity contribution in [3.63, 3.8) is 0 Å². The Morgan fingerprint density at radius 2 is 1.36 bits per heavy atom. The van der Waals surface area contributed by atoms with E-state index in [4.69, 9.17) is 33.9 Å². The van der Waals surface area contributed by atoms with Gasteiger partial charge in [-0.05, 0) is 34.3 Å². The van der Waals surface area contributed by atoms with E-state index in [0.717, 1.165) is 0 Å². The summed E-state index contributed by atoms with van der Waals surface area (Å²) < 4.78 is 10.5. The summed E-state index contributed by atoms with van der Waals surface area (Å²) in [7, 11) is 7.18. The quantitative estimate of drug-likeness (QED) is 0.544. The summed E-state index contributed by atoms with van der Waals surface area (Å²) in [6.07, 6.45) is 0. The lowest BCUT2D eigenvalue weighted by Gasteiger charge is -2.00. The van der Waals surface area contributed by atoms with Crippen LogP contribution in [-0.4, -0.2) is 23.0 Å². The highest BCUT2D eigenvalue weighted by molar-refractivity contribution is 9.15. The normalized spacial score (nSPS) is 8.91. The van der Waals surface area contributed by atoms with E-state index in [1.165, 1.54) is 45.6 Å². The van der Waals surface area contributed by atoms with Crippen LogP contribution in [0, 0.1) is 0 Å². The van der Waals surface area contributed by atoms with Gasteiger partial charge in [-0.25, -0.2) is 0 Å². The van der Waals surface area contributed by atoms with Gasteiger partial charge in [0.25, 0.3) is 0 Å². The van der Waals surface area contributed by atoms with Gasteiger partial charge < -0.3 is 9.47 Å². The maximum absolute atomic E-state index is 4.77. The van der Waals surface area contributed by atoms with Crippen molar-refractivity contribution < 1.29 is 9.47 Å². The number of thiocarbonyl (C=S) groups is 2. The van der Waals surface area contributed by atoms with E-state index in [1.807, 2.05) is 0 Å². The predicted octanol–water partition coefficient (Wildman–Crippen LogP) is 2.88. The first-order valence-electron chi connectivity index (χ1n) is 2.37. The van der Waals surface area contributed by atoms with E-state index < -0.39 is 0 Å². The zero-order valence-corrected chi connectivity index (χ0v) is 9.94. The van der Waals surface area contributed by atoms with E-state index in [2.05, 4.69) is 0 Å². The van der Waals surface area contributed by atoms with Crippen molar-refractivity contribution in [1.29, 1.82) is 0 Å². The third-order valence-electron chi connectivity index (χ3n) is 0.537. The molecule has 0 saturated carbocycles. The van der Waals surface area contributed by atoms with Gasteiger partial charge in [-0.3, -0.25) is 0 Å². The smallest absolute Gasteiger partial charge is 0.231 e. The van der Waals surface area contributed by atoms with Gasteiger partial charge in [-0.1, -0.05) is 0 Å². The molecule has 0 spiro atoms. The van der Waals surface area contributed by atoms with E-state index in [-0.39, 0.29) is 0 Å². The van der Waals surface area contributed by atoms with Crippen LogP contribution in [0.15, 0.2) is 0 Å². The summed E-state index contributed by atoms with van der Waals surface area (Å²) >= 11 is 9.53. The maximum atomic E-state index is 4.77. The fraction of sp³-hybridized carbons (Fsp3) is 0.500. The number of hydrogen-bond acceptors (Lipinski definition) is 7. The first kappa shape index (κ1) is 11.8.